The van der Waals surface area contributed by atoms with Crippen LogP contribution in [0.4, 0.5) is 11.5 Å². The number of halogens is 1. The molecule has 2 aromatic carbocycles. The second-order valence-electron chi connectivity index (χ2n) is 7.68. The quantitative estimate of drug-likeness (QED) is 0.356. The molecule has 1 fully saturated rings. The molecule has 1 saturated heterocycles. The molecule has 0 saturated carbocycles. The van der Waals surface area contributed by atoms with Gasteiger partial charge in [0.15, 0.2) is 11.4 Å². The summed E-state index contributed by atoms with van der Waals surface area (Å²) in [6, 6.07) is 14.6. The maximum absolute atomic E-state index is 13.6. The Morgan fingerprint density at radius 2 is 1.81 bits per heavy atom. The average molecular weight is 449 g/mol. The molecule has 0 aliphatic carbocycles. The molecular formula is C23H17ClN4O4. The van der Waals surface area contributed by atoms with Crippen LogP contribution in [0.3, 0.4) is 0 Å². The van der Waals surface area contributed by atoms with Gasteiger partial charge >= 0.3 is 5.91 Å². The van der Waals surface area contributed by atoms with Crippen LogP contribution in [-0.2, 0) is 27.0 Å². The number of hydrogen-bond donors (Lipinski definition) is 2. The fraction of sp³-hybridized carbons (Fsp3) is 0.130. The number of hydrogen-bond acceptors (Lipinski definition) is 5. The highest BCUT2D eigenvalue weighted by Gasteiger charge is 2.66. The van der Waals surface area contributed by atoms with Crippen LogP contribution >= 0.6 is 11.6 Å². The van der Waals surface area contributed by atoms with Crippen molar-refractivity contribution in [1.82, 2.24) is 9.78 Å². The Labute approximate surface area is 187 Å². The number of amides is 2. The molecule has 9 heteroatoms. The summed E-state index contributed by atoms with van der Waals surface area (Å²) in [6.45, 7) is 1.78. The van der Waals surface area contributed by atoms with Crippen LogP contribution < -0.4 is 10.2 Å². The van der Waals surface area contributed by atoms with Gasteiger partial charge in [0.05, 0.1) is 5.57 Å². The van der Waals surface area contributed by atoms with Crippen LogP contribution in [0.5, 0.6) is 0 Å². The zero-order valence-electron chi connectivity index (χ0n) is 17.1. The number of aryl methyl sites for hydroxylation is 2. The third-order valence-electron chi connectivity index (χ3n) is 5.88. The van der Waals surface area contributed by atoms with E-state index in [-0.39, 0.29) is 11.4 Å². The number of aromatic nitrogens is 2. The monoisotopic (exact) mass is 448 g/mol. The molecule has 32 heavy (non-hydrogen) atoms. The summed E-state index contributed by atoms with van der Waals surface area (Å²) in [5.74, 6) is -2.92. The van der Waals surface area contributed by atoms with Gasteiger partial charge in [-0.15, -0.1) is 0 Å². The van der Waals surface area contributed by atoms with E-state index in [9.17, 15) is 19.5 Å². The lowest BCUT2D eigenvalue weighted by molar-refractivity contribution is -0.132. The number of carbonyl (C=O) groups excluding carboxylic acids is 3. The van der Waals surface area contributed by atoms with E-state index >= 15 is 0 Å². The van der Waals surface area contributed by atoms with E-state index in [1.165, 1.54) is 10.7 Å². The van der Waals surface area contributed by atoms with Crippen molar-refractivity contribution in [2.45, 2.75) is 12.5 Å². The molecule has 8 nitrogen and oxygen atoms in total. The normalized spacial score (nSPS) is 21.3. The molecule has 2 aliphatic rings. The largest absolute Gasteiger partial charge is 0.507 e. The van der Waals surface area contributed by atoms with Gasteiger partial charge in [0.1, 0.15) is 5.76 Å². The van der Waals surface area contributed by atoms with Gasteiger partial charge in [-0.05, 0) is 19.1 Å². The molecule has 1 aromatic heterocycles. The van der Waals surface area contributed by atoms with E-state index in [2.05, 4.69) is 10.4 Å². The average Bonchev–Trinajstić information content (AvgIpc) is 3.32. The first-order chi connectivity index (χ1) is 15.3. The number of nitrogens with one attached hydrogen (secondary N) is 1. The third kappa shape index (κ3) is 2.50. The number of nitrogens with zero attached hydrogens (tertiary/aromatic N) is 3. The SMILES string of the molecule is Cc1cc(N2C(=O)C(=O)C(=C(O)c3ccccc3)C23C(=O)Nc2cc(Cl)ccc23)nn1C. The number of aliphatic hydroxyl groups is 1. The Hall–Kier alpha value is -3.91. The van der Waals surface area contributed by atoms with Crippen LogP contribution in [-0.4, -0.2) is 32.5 Å². The maximum atomic E-state index is 13.6. The number of Topliss-reactive ketones (excluding diaryl/α,β-unsaturated/α-hetero) is 1. The lowest BCUT2D eigenvalue weighted by atomic mass is 9.82. The predicted molar refractivity (Wildman–Crippen MR) is 118 cm³/mol. The highest BCUT2D eigenvalue weighted by atomic mass is 35.5. The van der Waals surface area contributed by atoms with Crippen molar-refractivity contribution in [1.29, 1.82) is 0 Å². The molecule has 3 heterocycles. The first-order valence-corrected chi connectivity index (χ1v) is 10.1. The van der Waals surface area contributed by atoms with Crippen molar-refractivity contribution in [2.75, 3.05) is 10.2 Å². The summed E-state index contributed by atoms with van der Waals surface area (Å²) < 4.78 is 1.54. The van der Waals surface area contributed by atoms with E-state index in [4.69, 9.17) is 11.6 Å². The summed E-state index contributed by atoms with van der Waals surface area (Å²) in [5.41, 5.74) is -0.565. The van der Waals surface area contributed by atoms with E-state index < -0.39 is 28.9 Å². The van der Waals surface area contributed by atoms with E-state index in [0.29, 0.717) is 21.8 Å². The van der Waals surface area contributed by atoms with Crippen molar-refractivity contribution in [3.8, 4) is 0 Å². The summed E-state index contributed by atoms with van der Waals surface area (Å²) in [6.07, 6.45) is 0. The zero-order chi connectivity index (χ0) is 22.8. The number of carbonyl (C=O) groups is 3. The van der Waals surface area contributed by atoms with Crippen LogP contribution in [0.25, 0.3) is 5.76 Å². The van der Waals surface area contributed by atoms with E-state index in [0.717, 1.165) is 10.6 Å². The van der Waals surface area contributed by atoms with Gasteiger partial charge in [-0.3, -0.25) is 24.0 Å². The second-order valence-corrected chi connectivity index (χ2v) is 8.12. The number of aliphatic hydroxyl groups excluding tert-OH is 1. The van der Waals surface area contributed by atoms with Crippen molar-refractivity contribution < 1.29 is 19.5 Å². The molecule has 0 radical (unpaired) electrons. The minimum Gasteiger partial charge on any atom is -0.507 e. The minimum atomic E-state index is -1.94. The predicted octanol–water partition coefficient (Wildman–Crippen LogP) is 3.11. The van der Waals surface area contributed by atoms with Gasteiger partial charge in [-0.2, -0.15) is 5.10 Å². The maximum Gasteiger partial charge on any atom is 0.302 e. The Morgan fingerprint density at radius 3 is 2.47 bits per heavy atom. The molecule has 0 bridgehead atoms. The molecule has 2 aliphatic heterocycles. The topological polar surface area (TPSA) is 105 Å². The first-order valence-electron chi connectivity index (χ1n) is 9.77. The standard InChI is InChI=1S/C23H17ClN4O4/c1-12-10-17(26-27(12)2)28-21(31)20(30)18(19(29)13-6-4-3-5-7-13)23(28)15-9-8-14(24)11-16(15)25-22(23)32/h3-11,29H,1-2H3,(H,25,32). The Morgan fingerprint density at radius 1 is 1.09 bits per heavy atom. The molecule has 1 unspecified atom stereocenters. The smallest absolute Gasteiger partial charge is 0.302 e. The van der Waals surface area contributed by atoms with Crippen LogP contribution in [0.15, 0.2) is 60.2 Å². The number of anilines is 2. The number of ketones is 1. The van der Waals surface area contributed by atoms with Gasteiger partial charge in [0.2, 0.25) is 0 Å². The minimum absolute atomic E-state index is 0.122. The zero-order valence-corrected chi connectivity index (χ0v) is 17.8. The number of benzene rings is 2. The number of rotatable bonds is 2. The van der Waals surface area contributed by atoms with E-state index in [1.807, 2.05) is 0 Å². The lowest BCUT2D eigenvalue weighted by Crippen LogP contribution is -2.50. The highest BCUT2D eigenvalue weighted by molar-refractivity contribution is 6.55. The van der Waals surface area contributed by atoms with Crippen LogP contribution in [0.1, 0.15) is 16.8 Å². The summed E-state index contributed by atoms with van der Waals surface area (Å²) in [5, 5.41) is 18.6. The summed E-state index contributed by atoms with van der Waals surface area (Å²) in [4.78, 5) is 41.3. The van der Waals surface area contributed by atoms with E-state index in [1.54, 1.807) is 62.5 Å². The molecule has 3 aromatic rings. The lowest BCUT2D eigenvalue weighted by Gasteiger charge is -2.32. The Bertz CT molecular complexity index is 1340. The molecule has 2 amide bonds. The van der Waals surface area contributed by atoms with Gasteiger partial charge in [-0.25, -0.2) is 0 Å². The molecule has 1 spiro atoms. The van der Waals surface area contributed by atoms with Crippen LogP contribution in [0.2, 0.25) is 5.02 Å². The fourth-order valence-corrected chi connectivity index (χ4v) is 4.50. The second kappa shape index (κ2) is 6.80. The molecule has 1 atom stereocenters. The molecule has 2 N–H and O–H groups in total. The highest BCUT2D eigenvalue weighted by Crippen LogP contribution is 2.53. The summed E-state index contributed by atoms with van der Waals surface area (Å²) >= 11 is 6.12. The van der Waals surface area contributed by atoms with Crippen molar-refractivity contribution in [3.63, 3.8) is 0 Å². The number of fused-ring (bicyclic) bond motifs is 2. The summed E-state index contributed by atoms with van der Waals surface area (Å²) in [7, 11) is 1.69. The van der Waals surface area contributed by atoms with Gasteiger partial charge in [0, 0.05) is 40.6 Å². The molecule has 5 rings (SSSR count). The van der Waals surface area contributed by atoms with Gasteiger partial charge in [-0.1, -0.05) is 48.0 Å². The van der Waals surface area contributed by atoms with Gasteiger partial charge in [0.25, 0.3) is 11.7 Å². The van der Waals surface area contributed by atoms with Gasteiger partial charge < -0.3 is 10.4 Å². The third-order valence-corrected chi connectivity index (χ3v) is 6.12. The van der Waals surface area contributed by atoms with Crippen molar-refractivity contribution in [2.24, 2.45) is 7.05 Å². The fourth-order valence-electron chi connectivity index (χ4n) is 4.32. The Balaban J connectivity index is 1.89. The van der Waals surface area contributed by atoms with Crippen LogP contribution in [0, 0.1) is 6.92 Å². The molecule has 160 valence electrons. The Kier molecular flexibility index (Phi) is 4.25. The molecular weight excluding hydrogens is 432 g/mol. The van der Waals surface area contributed by atoms with Crippen molar-refractivity contribution >= 4 is 46.5 Å². The first kappa shape index (κ1) is 20.0. The van der Waals surface area contributed by atoms with Crippen molar-refractivity contribution in [3.05, 3.63) is 82.0 Å².